The zero-order chi connectivity index (χ0) is 21.4. The minimum atomic E-state index is -0.288. The fourth-order valence-electron chi connectivity index (χ4n) is 3.39. The van der Waals surface area contributed by atoms with E-state index in [-0.39, 0.29) is 23.5 Å². The molecule has 0 bridgehead atoms. The predicted molar refractivity (Wildman–Crippen MR) is 115 cm³/mol. The number of anilines is 2. The molecule has 0 aliphatic rings. The Bertz CT molecular complexity index is 1340. The van der Waals surface area contributed by atoms with Crippen molar-refractivity contribution in [1.82, 2.24) is 29.3 Å². The standard InChI is InChI=1S/C20H21N9O/c1-11-6-4-5-7-14(11)29-15(27-16(12(2)21)17(23-3)20(29)30)9-28-19-13(8-26-28)18(22)24-10-25-19/h4-8,10,21,23H,9H2,1-3H3,(H2,22,24,25). The van der Waals surface area contributed by atoms with Crippen molar-refractivity contribution < 1.29 is 0 Å². The summed E-state index contributed by atoms with van der Waals surface area (Å²) in [5.74, 6) is 0.758. The number of benzene rings is 1. The van der Waals surface area contributed by atoms with Crippen molar-refractivity contribution in [2.24, 2.45) is 0 Å². The summed E-state index contributed by atoms with van der Waals surface area (Å²) in [7, 11) is 1.65. The van der Waals surface area contributed by atoms with Crippen molar-refractivity contribution in [1.29, 1.82) is 5.41 Å². The van der Waals surface area contributed by atoms with Crippen LogP contribution in [0.5, 0.6) is 0 Å². The molecule has 1 aromatic carbocycles. The van der Waals surface area contributed by atoms with Crippen molar-refractivity contribution in [3.63, 3.8) is 0 Å². The van der Waals surface area contributed by atoms with Gasteiger partial charge in [-0.2, -0.15) is 5.10 Å². The van der Waals surface area contributed by atoms with E-state index in [1.807, 2.05) is 31.2 Å². The van der Waals surface area contributed by atoms with Crippen molar-refractivity contribution in [3.8, 4) is 5.69 Å². The van der Waals surface area contributed by atoms with Gasteiger partial charge in [0.1, 0.15) is 35.9 Å². The third-order valence-electron chi connectivity index (χ3n) is 4.87. The number of hydrogen-bond acceptors (Lipinski definition) is 8. The van der Waals surface area contributed by atoms with Gasteiger partial charge in [0.15, 0.2) is 5.65 Å². The molecule has 10 nitrogen and oxygen atoms in total. The largest absolute Gasteiger partial charge is 0.383 e. The molecule has 3 heterocycles. The van der Waals surface area contributed by atoms with E-state index in [1.165, 1.54) is 6.33 Å². The first kappa shape index (κ1) is 19.2. The summed E-state index contributed by atoms with van der Waals surface area (Å²) in [6.07, 6.45) is 2.96. The van der Waals surface area contributed by atoms with E-state index in [9.17, 15) is 4.79 Å². The van der Waals surface area contributed by atoms with Gasteiger partial charge in [0.05, 0.1) is 23.0 Å². The zero-order valence-corrected chi connectivity index (χ0v) is 16.8. The minimum absolute atomic E-state index is 0.161. The zero-order valence-electron chi connectivity index (χ0n) is 16.8. The first-order valence-corrected chi connectivity index (χ1v) is 9.29. The van der Waals surface area contributed by atoms with E-state index in [0.717, 1.165) is 5.56 Å². The summed E-state index contributed by atoms with van der Waals surface area (Å²) in [5, 5.41) is 16.0. The SMILES string of the molecule is CNc1c(C(C)=N)nc(Cn2ncc3c(N)ncnc32)n(-c2ccccc2C)c1=O. The summed E-state index contributed by atoms with van der Waals surface area (Å²) >= 11 is 0. The lowest BCUT2D eigenvalue weighted by atomic mass is 10.1. The van der Waals surface area contributed by atoms with Crippen LogP contribution in [-0.4, -0.2) is 42.1 Å². The number of nitrogen functional groups attached to an aromatic ring is 1. The quantitative estimate of drug-likeness (QED) is 0.431. The molecule has 3 aromatic heterocycles. The van der Waals surface area contributed by atoms with Crippen LogP contribution in [0, 0.1) is 12.3 Å². The minimum Gasteiger partial charge on any atom is -0.383 e. The number of fused-ring (bicyclic) bond motifs is 1. The molecule has 0 radical (unpaired) electrons. The third-order valence-corrected chi connectivity index (χ3v) is 4.87. The number of aryl methyl sites for hydroxylation is 1. The van der Waals surface area contributed by atoms with Crippen LogP contribution in [0.4, 0.5) is 11.5 Å². The van der Waals surface area contributed by atoms with Crippen LogP contribution in [0.1, 0.15) is 24.0 Å². The molecule has 0 spiro atoms. The fourth-order valence-corrected chi connectivity index (χ4v) is 3.39. The lowest BCUT2D eigenvalue weighted by Gasteiger charge is -2.18. The number of aromatic nitrogens is 6. The summed E-state index contributed by atoms with van der Waals surface area (Å²) in [6, 6.07) is 7.56. The molecule has 0 atom stereocenters. The molecule has 30 heavy (non-hydrogen) atoms. The Hall–Kier alpha value is -4.08. The van der Waals surface area contributed by atoms with Crippen LogP contribution in [0.15, 0.2) is 41.6 Å². The Morgan fingerprint density at radius 2 is 2.03 bits per heavy atom. The molecule has 0 unspecified atom stereocenters. The van der Waals surface area contributed by atoms with Gasteiger partial charge in [-0.3, -0.25) is 9.36 Å². The van der Waals surface area contributed by atoms with Crippen molar-refractivity contribution >= 4 is 28.3 Å². The smallest absolute Gasteiger partial charge is 0.282 e. The van der Waals surface area contributed by atoms with Gasteiger partial charge in [0.25, 0.3) is 5.56 Å². The van der Waals surface area contributed by atoms with E-state index in [1.54, 1.807) is 29.4 Å². The van der Waals surface area contributed by atoms with E-state index in [0.29, 0.717) is 34.1 Å². The van der Waals surface area contributed by atoms with Gasteiger partial charge in [0, 0.05) is 7.05 Å². The second-order valence-corrected chi connectivity index (χ2v) is 6.85. The van der Waals surface area contributed by atoms with Gasteiger partial charge in [-0.05, 0) is 25.5 Å². The molecular weight excluding hydrogens is 382 g/mol. The fraction of sp³-hybridized carbons (Fsp3) is 0.200. The maximum atomic E-state index is 13.4. The number of nitrogens with two attached hydrogens (primary N) is 1. The highest BCUT2D eigenvalue weighted by Crippen LogP contribution is 2.20. The molecule has 4 rings (SSSR count). The summed E-state index contributed by atoms with van der Waals surface area (Å²) < 4.78 is 3.16. The molecule has 4 N–H and O–H groups in total. The molecule has 0 saturated carbocycles. The summed E-state index contributed by atoms with van der Waals surface area (Å²) in [4.78, 5) is 26.4. The topological polar surface area (TPSA) is 140 Å². The van der Waals surface area contributed by atoms with Crippen LogP contribution in [0.3, 0.4) is 0 Å². The molecule has 0 aliphatic heterocycles. The number of nitrogens with one attached hydrogen (secondary N) is 2. The molecule has 152 valence electrons. The van der Waals surface area contributed by atoms with Gasteiger partial charge in [-0.25, -0.2) is 19.6 Å². The van der Waals surface area contributed by atoms with Gasteiger partial charge in [-0.1, -0.05) is 18.2 Å². The highest BCUT2D eigenvalue weighted by molar-refractivity contribution is 5.99. The molecular formula is C20H21N9O. The van der Waals surface area contributed by atoms with E-state index >= 15 is 0 Å². The lowest BCUT2D eigenvalue weighted by Crippen LogP contribution is -2.30. The van der Waals surface area contributed by atoms with Crippen molar-refractivity contribution in [3.05, 3.63) is 64.2 Å². The first-order chi connectivity index (χ1) is 14.4. The van der Waals surface area contributed by atoms with Crippen molar-refractivity contribution in [2.75, 3.05) is 18.1 Å². The molecule has 0 amide bonds. The number of rotatable bonds is 5. The number of para-hydroxylation sites is 1. The Balaban J connectivity index is 2.00. The average Bonchev–Trinajstić information content (AvgIpc) is 3.13. The first-order valence-electron chi connectivity index (χ1n) is 9.29. The van der Waals surface area contributed by atoms with E-state index in [4.69, 9.17) is 11.1 Å². The second-order valence-electron chi connectivity index (χ2n) is 6.85. The maximum absolute atomic E-state index is 13.4. The third kappa shape index (κ3) is 3.08. The second kappa shape index (κ2) is 7.39. The van der Waals surface area contributed by atoms with E-state index in [2.05, 4.69) is 25.4 Å². The van der Waals surface area contributed by atoms with Gasteiger partial charge < -0.3 is 16.5 Å². The average molecular weight is 403 g/mol. The molecule has 10 heteroatoms. The molecule has 0 aliphatic carbocycles. The van der Waals surface area contributed by atoms with Gasteiger partial charge in [0.2, 0.25) is 0 Å². The normalized spacial score (nSPS) is 11.0. The number of nitrogens with zero attached hydrogens (tertiary/aromatic N) is 6. The Morgan fingerprint density at radius 3 is 2.73 bits per heavy atom. The lowest BCUT2D eigenvalue weighted by molar-refractivity contribution is 0.643. The molecule has 0 saturated heterocycles. The van der Waals surface area contributed by atoms with Gasteiger partial charge >= 0.3 is 0 Å². The van der Waals surface area contributed by atoms with Crippen LogP contribution in [-0.2, 0) is 6.54 Å². The van der Waals surface area contributed by atoms with Crippen LogP contribution >= 0.6 is 0 Å². The van der Waals surface area contributed by atoms with Crippen LogP contribution in [0.25, 0.3) is 16.7 Å². The summed E-state index contributed by atoms with van der Waals surface area (Å²) in [5.41, 5.74) is 8.55. The number of hydrogen-bond donors (Lipinski definition) is 3. The van der Waals surface area contributed by atoms with Gasteiger partial charge in [-0.15, -0.1) is 0 Å². The monoisotopic (exact) mass is 403 g/mol. The molecule has 4 aromatic rings. The van der Waals surface area contributed by atoms with Crippen LogP contribution < -0.4 is 16.6 Å². The molecule has 0 fully saturated rings. The van der Waals surface area contributed by atoms with Crippen molar-refractivity contribution in [2.45, 2.75) is 20.4 Å². The highest BCUT2D eigenvalue weighted by Gasteiger charge is 2.20. The predicted octanol–water partition coefficient (Wildman–Crippen LogP) is 1.74. The highest BCUT2D eigenvalue weighted by atomic mass is 16.1. The van der Waals surface area contributed by atoms with E-state index < -0.39 is 0 Å². The van der Waals surface area contributed by atoms with Crippen LogP contribution in [0.2, 0.25) is 0 Å². The summed E-state index contributed by atoms with van der Waals surface area (Å²) in [6.45, 7) is 3.69. The Kier molecular flexibility index (Phi) is 4.74. The maximum Gasteiger partial charge on any atom is 0.282 e. The Labute approximate surface area is 171 Å². The Morgan fingerprint density at radius 1 is 1.27 bits per heavy atom.